The van der Waals surface area contributed by atoms with Gasteiger partial charge in [-0.1, -0.05) is 26.0 Å². The van der Waals surface area contributed by atoms with Crippen molar-refractivity contribution in [2.24, 2.45) is 11.8 Å². The molecular formula is C20H28N2O4. The van der Waals surface area contributed by atoms with Gasteiger partial charge in [-0.25, -0.2) is 0 Å². The molecule has 1 aliphatic heterocycles. The fourth-order valence-electron chi connectivity index (χ4n) is 3.47. The number of aliphatic carboxylic acids is 1. The molecule has 142 valence electrons. The van der Waals surface area contributed by atoms with E-state index in [1.807, 2.05) is 26.0 Å². The molecule has 0 spiro atoms. The normalized spacial score (nSPS) is 20.1. The smallest absolute Gasteiger partial charge is 0.308 e. The topological polar surface area (TPSA) is 77.9 Å². The van der Waals surface area contributed by atoms with Crippen LogP contribution in [0.1, 0.15) is 49.5 Å². The number of carboxylic acid groups (broad SMARTS) is 1. The first-order chi connectivity index (χ1) is 12.2. The highest BCUT2D eigenvalue weighted by Gasteiger charge is 2.35. The van der Waals surface area contributed by atoms with Gasteiger partial charge in [-0.3, -0.25) is 14.4 Å². The standard InChI is InChI=1S/C20H28N2O4/c1-13(2)18(23)21(4)12-15-7-9-16(10-8-15)19(24)22-11-5-6-17(14(22)3)20(25)26/h7-10,13-14,17H,5-6,11-12H2,1-4H3,(H,25,26)/t14-,17-/m0/s1. The first-order valence-electron chi connectivity index (χ1n) is 9.10. The molecule has 0 bridgehead atoms. The predicted molar refractivity (Wildman–Crippen MR) is 98.6 cm³/mol. The summed E-state index contributed by atoms with van der Waals surface area (Å²) in [4.78, 5) is 39.4. The third-order valence-corrected chi connectivity index (χ3v) is 5.06. The number of carbonyl (C=O) groups is 3. The van der Waals surface area contributed by atoms with E-state index < -0.39 is 11.9 Å². The van der Waals surface area contributed by atoms with Gasteiger partial charge in [-0.15, -0.1) is 0 Å². The van der Waals surface area contributed by atoms with Gasteiger partial charge in [0.25, 0.3) is 5.91 Å². The highest BCUT2D eigenvalue weighted by atomic mass is 16.4. The van der Waals surface area contributed by atoms with Crippen LogP contribution < -0.4 is 0 Å². The van der Waals surface area contributed by atoms with Gasteiger partial charge in [-0.05, 0) is 37.5 Å². The predicted octanol–water partition coefficient (Wildman–Crippen LogP) is 2.63. The third-order valence-electron chi connectivity index (χ3n) is 5.06. The molecule has 6 nitrogen and oxygen atoms in total. The monoisotopic (exact) mass is 360 g/mol. The van der Waals surface area contributed by atoms with Crippen molar-refractivity contribution in [1.82, 2.24) is 9.80 Å². The van der Waals surface area contributed by atoms with Crippen LogP contribution in [-0.4, -0.2) is 52.3 Å². The number of carbonyl (C=O) groups excluding carboxylic acids is 2. The summed E-state index contributed by atoms with van der Waals surface area (Å²) in [6.07, 6.45) is 1.31. The van der Waals surface area contributed by atoms with Gasteiger partial charge in [0, 0.05) is 37.7 Å². The SMILES string of the molecule is CC(C)C(=O)N(C)Cc1ccc(C(=O)N2CCC[C@H](C(=O)O)[C@@H]2C)cc1. The second-order valence-corrected chi connectivity index (χ2v) is 7.37. The molecule has 0 aliphatic carbocycles. The third kappa shape index (κ3) is 4.42. The van der Waals surface area contributed by atoms with E-state index in [2.05, 4.69) is 0 Å². The number of rotatable bonds is 5. The Morgan fingerprint density at radius 1 is 1.23 bits per heavy atom. The zero-order chi connectivity index (χ0) is 19.4. The van der Waals surface area contributed by atoms with Gasteiger partial charge in [0.2, 0.25) is 5.91 Å². The highest BCUT2D eigenvalue weighted by Crippen LogP contribution is 2.25. The van der Waals surface area contributed by atoms with E-state index >= 15 is 0 Å². The molecule has 0 unspecified atom stereocenters. The fourth-order valence-corrected chi connectivity index (χ4v) is 3.47. The molecule has 2 amide bonds. The van der Waals surface area contributed by atoms with Crippen LogP contribution in [-0.2, 0) is 16.1 Å². The summed E-state index contributed by atoms with van der Waals surface area (Å²) in [6.45, 7) is 6.61. The number of hydrogen-bond donors (Lipinski definition) is 1. The number of benzene rings is 1. The van der Waals surface area contributed by atoms with E-state index in [0.717, 1.165) is 5.56 Å². The van der Waals surface area contributed by atoms with Gasteiger partial charge in [-0.2, -0.15) is 0 Å². The maximum Gasteiger partial charge on any atom is 0.308 e. The van der Waals surface area contributed by atoms with Crippen molar-refractivity contribution in [3.05, 3.63) is 35.4 Å². The van der Waals surface area contributed by atoms with Gasteiger partial charge < -0.3 is 14.9 Å². The van der Waals surface area contributed by atoms with E-state index in [1.165, 1.54) is 0 Å². The minimum absolute atomic E-state index is 0.0522. The maximum absolute atomic E-state index is 12.8. The highest BCUT2D eigenvalue weighted by molar-refractivity contribution is 5.95. The van der Waals surface area contributed by atoms with Crippen molar-refractivity contribution in [1.29, 1.82) is 0 Å². The van der Waals surface area contributed by atoms with Gasteiger partial charge in [0.05, 0.1) is 5.92 Å². The molecular weight excluding hydrogens is 332 g/mol. The summed E-state index contributed by atoms with van der Waals surface area (Å²) in [5.41, 5.74) is 1.50. The van der Waals surface area contributed by atoms with Crippen molar-refractivity contribution in [3.8, 4) is 0 Å². The van der Waals surface area contributed by atoms with E-state index in [-0.39, 0.29) is 23.8 Å². The second kappa shape index (κ2) is 8.34. The molecule has 2 atom stereocenters. The Morgan fingerprint density at radius 3 is 2.38 bits per heavy atom. The van der Waals surface area contributed by atoms with Crippen LogP contribution in [0.5, 0.6) is 0 Å². The summed E-state index contributed by atoms with van der Waals surface area (Å²) in [7, 11) is 1.77. The number of hydrogen-bond acceptors (Lipinski definition) is 3. The molecule has 1 fully saturated rings. The van der Waals surface area contributed by atoms with Crippen LogP contribution in [0.25, 0.3) is 0 Å². The van der Waals surface area contributed by atoms with Crippen LogP contribution >= 0.6 is 0 Å². The van der Waals surface area contributed by atoms with Crippen LogP contribution in [0.2, 0.25) is 0 Å². The lowest BCUT2D eigenvalue weighted by Crippen LogP contribution is -2.49. The summed E-state index contributed by atoms with van der Waals surface area (Å²) >= 11 is 0. The van der Waals surface area contributed by atoms with Crippen molar-refractivity contribution in [2.45, 2.75) is 46.2 Å². The second-order valence-electron chi connectivity index (χ2n) is 7.37. The molecule has 6 heteroatoms. The summed E-state index contributed by atoms with van der Waals surface area (Å²) in [6, 6.07) is 6.88. The number of amides is 2. The van der Waals surface area contributed by atoms with E-state index in [4.69, 9.17) is 0 Å². The largest absolute Gasteiger partial charge is 0.481 e. The van der Waals surface area contributed by atoms with Crippen LogP contribution in [0, 0.1) is 11.8 Å². The molecule has 1 aromatic rings. The molecule has 1 aliphatic rings. The van der Waals surface area contributed by atoms with E-state index in [0.29, 0.717) is 31.5 Å². The van der Waals surface area contributed by atoms with Crippen molar-refractivity contribution < 1.29 is 19.5 Å². The zero-order valence-electron chi connectivity index (χ0n) is 15.9. The molecule has 0 radical (unpaired) electrons. The average molecular weight is 360 g/mol. The first kappa shape index (κ1) is 19.9. The Hall–Kier alpha value is -2.37. The lowest BCUT2D eigenvalue weighted by atomic mass is 9.90. The van der Waals surface area contributed by atoms with Gasteiger partial charge in [0.15, 0.2) is 0 Å². The van der Waals surface area contributed by atoms with Gasteiger partial charge in [0.1, 0.15) is 0 Å². The minimum atomic E-state index is -0.844. The number of nitrogens with zero attached hydrogens (tertiary/aromatic N) is 2. The van der Waals surface area contributed by atoms with Crippen LogP contribution in [0.4, 0.5) is 0 Å². The number of likely N-dealkylation sites (tertiary alicyclic amines) is 1. The lowest BCUT2D eigenvalue weighted by Gasteiger charge is -2.37. The molecule has 0 aromatic heterocycles. The lowest BCUT2D eigenvalue weighted by molar-refractivity contribution is -0.145. The Kier molecular flexibility index (Phi) is 6.40. The summed E-state index contributed by atoms with van der Waals surface area (Å²) in [5.74, 6) is -1.47. The van der Waals surface area contributed by atoms with Crippen molar-refractivity contribution in [3.63, 3.8) is 0 Å². The van der Waals surface area contributed by atoms with Crippen LogP contribution in [0.3, 0.4) is 0 Å². The summed E-state index contributed by atoms with van der Waals surface area (Å²) < 4.78 is 0. The molecule has 1 N–H and O–H groups in total. The molecule has 2 rings (SSSR count). The maximum atomic E-state index is 12.8. The van der Waals surface area contributed by atoms with Crippen molar-refractivity contribution >= 4 is 17.8 Å². The molecule has 1 heterocycles. The Bertz CT molecular complexity index is 669. The zero-order valence-corrected chi connectivity index (χ0v) is 15.9. The quantitative estimate of drug-likeness (QED) is 0.876. The van der Waals surface area contributed by atoms with Crippen molar-refractivity contribution in [2.75, 3.05) is 13.6 Å². The average Bonchev–Trinajstić information content (AvgIpc) is 2.60. The summed E-state index contributed by atoms with van der Waals surface area (Å²) in [5, 5.41) is 9.31. The van der Waals surface area contributed by atoms with E-state index in [1.54, 1.807) is 35.9 Å². The number of carboxylic acids is 1. The molecule has 1 saturated heterocycles. The van der Waals surface area contributed by atoms with Gasteiger partial charge >= 0.3 is 5.97 Å². The van der Waals surface area contributed by atoms with E-state index in [9.17, 15) is 19.5 Å². The first-order valence-corrected chi connectivity index (χ1v) is 9.10. The minimum Gasteiger partial charge on any atom is -0.481 e. The Labute approximate surface area is 154 Å². The molecule has 1 aromatic carbocycles. The Morgan fingerprint density at radius 2 is 1.85 bits per heavy atom. The number of piperidine rings is 1. The molecule has 26 heavy (non-hydrogen) atoms. The Balaban J connectivity index is 2.06. The van der Waals surface area contributed by atoms with Crippen LogP contribution in [0.15, 0.2) is 24.3 Å². The molecule has 0 saturated carbocycles. The fraction of sp³-hybridized carbons (Fsp3) is 0.550.